The van der Waals surface area contributed by atoms with Crippen molar-refractivity contribution in [1.82, 2.24) is 24.2 Å². The number of carbonyl (C=O) groups excluding carboxylic acids is 1. The number of hydrogen-bond acceptors (Lipinski definition) is 3. The third kappa shape index (κ3) is 3.59. The molecule has 3 aromatic rings. The zero-order chi connectivity index (χ0) is 19.6. The summed E-state index contributed by atoms with van der Waals surface area (Å²) >= 11 is 0. The van der Waals surface area contributed by atoms with E-state index in [0.29, 0.717) is 0 Å². The van der Waals surface area contributed by atoms with Gasteiger partial charge in [-0.25, -0.2) is 0 Å². The Hall–Kier alpha value is -2.89. The maximum atomic E-state index is 13.1. The number of aromatic nitrogens is 4. The fourth-order valence-electron chi connectivity index (χ4n) is 4.65. The second kappa shape index (κ2) is 7.85. The summed E-state index contributed by atoms with van der Waals surface area (Å²) in [6.07, 6.45) is 10.8. The topological polar surface area (TPSA) is 56.0 Å². The van der Waals surface area contributed by atoms with Crippen LogP contribution in [0.3, 0.4) is 0 Å². The molecule has 1 fully saturated rings. The minimum absolute atomic E-state index is 0.115. The van der Waals surface area contributed by atoms with E-state index < -0.39 is 0 Å². The maximum Gasteiger partial charge on any atom is 0.253 e. The van der Waals surface area contributed by atoms with Crippen LogP contribution in [-0.4, -0.2) is 43.2 Å². The van der Waals surface area contributed by atoms with E-state index in [1.54, 1.807) is 0 Å². The molecule has 0 saturated carbocycles. The number of hydrogen-bond donors (Lipinski definition) is 0. The van der Waals surface area contributed by atoms with E-state index in [0.717, 1.165) is 61.8 Å². The van der Waals surface area contributed by atoms with E-state index in [1.807, 2.05) is 58.3 Å². The summed E-state index contributed by atoms with van der Waals surface area (Å²) in [6.45, 7) is 2.56. The fraction of sp³-hybridized carbons (Fsp3) is 0.435. The molecule has 5 rings (SSSR count). The normalized spacial score (nSPS) is 19.6. The lowest BCUT2D eigenvalue weighted by Crippen LogP contribution is -2.39. The lowest BCUT2D eigenvalue weighted by atomic mass is 9.96. The second-order valence-electron chi connectivity index (χ2n) is 8.16. The van der Waals surface area contributed by atoms with Gasteiger partial charge in [-0.3, -0.25) is 4.79 Å². The van der Waals surface area contributed by atoms with Crippen LogP contribution >= 0.6 is 0 Å². The average Bonchev–Trinajstić information content (AvgIpc) is 3.39. The highest BCUT2D eigenvalue weighted by atomic mass is 16.2. The van der Waals surface area contributed by atoms with Crippen LogP contribution in [0.15, 0.2) is 48.8 Å². The van der Waals surface area contributed by atoms with Crippen LogP contribution in [0.2, 0.25) is 0 Å². The van der Waals surface area contributed by atoms with Crippen molar-refractivity contribution in [3.8, 4) is 5.69 Å². The zero-order valence-electron chi connectivity index (χ0n) is 16.7. The number of carbonyl (C=O) groups is 1. The van der Waals surface area contributed by atoms with Crippen LogP contribution in [0.1, 0.15) is 60.0 Å². The molecule has 0 aliphatic carbocycles. The number of amides is 1. The van der Waals surface area contributed by atoms with Gasteiger partial charge >= 0.3 is 0 Å². The van der Waals surface area contributed by atoms with Gasteiger partial charge in [-0.15, -0.1) is 10.2 Å². The number of likely N-dealkylation sites (tertiary alicyclic amines) is 1. The number of piperidine rings is 1. The molecule has 4 heterocycles. The van der Waals surface area contributed by atoms with Crippen molar-refractivity contribution in [3.63, 3.8) is 0 Å². The van der Waals surface area contributed by atoms with Crippen molar-refractivity contribution in [2.75, 3.05) is 13.1 Å². The van der Waals surface area contributed by atoms with Crippen molar-refractivity contribution in [2.24, 2.45) is 0 Å². The molecule has 1 saturated heterocycles. The van der Waals surface area contributed by atoms with Crippen LogP contribution in [-0.2, 0) is 13.0 Å². The van der Waals surface area contributed by atoms with Gasteiger partial charge in [0.1, 0.15) is 11.6 Å². The standard InChI is InChI=1S/C23H27N5O/c29-23(18-9-11-20(12-10-18)26-13-4-5-14-26)27-15-6-7-19(17-27)22-25-24-21-8-2-1-3-16-28(21)22/h4-5,9-14,19H,1-3,6-8,15-17H2. The smallest absolute Gasteiger partial charge is 0.253 e. The SMILES string of the molecule is O=C(c1ccc(-n2cccc2)cc1)N1CCCC(c2nnc3n2CCCCC3)C1. The number of benzene rings is 1. The lowest BCUT2D eigenvalue weighted by molar-refractivity contribution is 0.0703. The van der Waals surface area contributed by atoms with Gasteiger partial charge < -0.3 is 14.0 Å². The Kier molecular flexibility index (Phi) is 4.92. The van der Waals surface area contributed by atoms with E-state index in [1.165, 1.54) is 19.3 Å². The van der Waals surface area contributed by atoms with Crippen LogP contribution in [0.5, 0.6) is 0 Å². The van der Waals surface area contributed by atoms with Gasteiger partial charge in [0, 0.05) is 55.6 Å². The maximum absolute atomic E-state index is 13.1. The average molecular weight is 390 g/mol. The van der Waals surface area contributed by atoms with Crippen LogP contribution in [0, 0.1) is 0 Å². The van der Waals surface area contributed by atoms with Crippen LogP contribution < -0.4 is 0 Å². The quantitative estimate of drug-likeness (QED) is 0.684. The van der Waals surface area contributed by atoms with E-state index in [4.69, 9.17) is 0 Å². The molecule has 29 heavy (non-hydrogen) atoms. The van der Waals surface area contributed by atoms with Gasteiger partial charge in [0.05, 0.1) is 0 Å². The first-order valence-electron chi connectivity index (χ1n) is 10.7. The first-order valence-corrected chi connectivity index (χ1v) is 10.7. The van der Waals surface area contributed by atoms with Crippen LogP contribution in [0.4, 0.5) is 0 Å². The number of rotatable bonds is 3. The third-order valence-electron chi connectivity index (χ3n) is 6.23. The van der Waals surface area contributed by atoms with Crippen molar-refractivity contribution < 1.29 is 4.79 Å². The molecule has 1 amide bonds. The van der Waals surface area contributed by atoms with E-state index in [2.05, 4.69) is 14.8 Å². The minimum atomic E-state index is 0.115. The first kappa shape index (κ1) is 18.2. The largest absolute Gasteiger partial charge is 0.338 e. The molecular formula is C23H27N5O. The number of nitrogens with zero attached hydrogens (tertiary/aromatic N) is 5. The second-order valence-corrected chi connectivity index (χ2v) is 8.16. The molecule has 0 radical (unpaired) electrons. The predicted octanol–water partition coefficient (Wildman–Crippen LogP) is 3.82. The Balaban J connectivity index is 1.32. The Morgan fingerprint density at radius 2 is 1.76 bits per heavy atom. The van der Waals surface area contributed by atoms with E-state index >= 15 is 0 Å². The molecule has 1 atom stereocenters. The molecule has 1 aromatic carbocycles. The molecule has 0 spiro atoms. The molecule has 150 valence electrons. The highest BCUT2D eigenvalue weighted by Gasteiger charge is 2.29. The van der Waals surface area contributed by atoms with Gasteiger partial charge in [-0.1, -0.05) is 6.42 Å². The minimum Gasteiger partial charge on any atom is -0.338 e. The molecule has 1 unspecified atom stereocenters. The lowest BCUT2D eigenvalue weighted by Gasteiger charge is -2.32. The highest BCUT2D eigenvalue weighted by molar-refractivity contribution is 5.94. The van der Waals surface area contributed by atoms with E-state index in [-0.39, 0.29) is 11.8 Å². The number of fused-ring (bicyclic) bond motifs is 1. The first-order chi connectivity index (χ1) is 14.3. The highest BCUT2D eigenvalue weighted by Crippen LogP contribution is 2.29. The fourth-order valence-corrected chi connectivity index (χ4v) is 4.65. The summed E-state index contributed by atoms with van der Waals surface area (Å²) in [5.74, 6) is 2.61. The Bertz CT molecular complexity index is 973. The summed E-state index contributed by atoms with van der Waals surface area (Å²) in [7, 11) is 0. The van der Waals surface area contributed by atoms with Gasteiger partial charge in [0.25, 0.3) is 5.91 Å². The van der Waals surface area contributed by atoms with E-state index in [9.17, 15) is 4.79 Å². The van der Waals surface area contributed by atoms with Gasteiger partial charge in [-0.2, -0.15) is 0 Å². The molecule has 0 N–H and O–H groups in total. The molecule has 2 aliphatic heterocycles. The zero-order valence-corrected chi connectivity index (χ0v) is 16.7. The summed E-state index contributed by atoms with van der Waals surface area (Å²) in [5.41, 5.74) is 1.82. The Labute approximate surface area is 171 Å². The number of aryl methyl sites for hydroxylation is 1. The molecule has 0 bridgehead atoms. The van der Waals surface area contributed by atoms with Gasteiger partial charge in [-0.05, 0) is 62.1 Å². The summed E-state index contributed by atoms with van der Waals surface area (Å²) in [6, 6.07) is 11.9. The molecule has 2 aliphatic rings. The van der Waals surface area contributed by atoms with Gasteiger partial charge in [0.2, 0.25) is 0 Å². The summed E-state index contributed by atoms with van der Waals surface area (Å²) in [4.78, 5) is 15.1. The third-order valence-corrected chi connectivity index (χ3v) is 6.23. The molecular weight excluding hydrogens is 362 g/mol. The Morgan fingerprint density at radius 1 is 0.931 bits per heavy atom. The van der Waals surface area contributed by atoms with Crippen molar-refractivity contribution in [2.45, 2.75) is 51.0 Å². The van der Waals surface area contributed by atoms with Gasteiger partial charge in [0.15, 0.2) is 0 Å². The predicted molar refractivity (Wildman–Crippen MR) is 111 cm³/mol. The molecule has 6 heteroatoms. The van der Waals surface area contributed by atoms with Crippen molar-refractivity contribution >= 4 is 5.91 Å². The van der Waals surface area contributed by atoms with Crippen LogP contribution in [0.25, 0.3) is 5.69 Å². The molecule has 6 nitrogen and oxygen atoms in total. The monoisotopic (exact) mass is 389 g/mol. The summed E-state index contributed by atoms with van der Waals surface area (Å²) < 4.78 is 4.37. The molecule has 2 aromatic heterocycles. The van der Waals surface area contributed by atoms with Crippen molar-refractivity contribution in [3.05, 3.63) is 66.0 Å². The van der Waals surface area contributed by atoms with Crippen molar-refractivity contribution in [1.29, 1.82) is 0 Å². The summed E-state index contributed by atoms with van der Waals surface area (Å²) in [5, 5.41) is 9.00. The Morgan fingerprint density at radius 3 is 2.59 bits per heavy atom.